The Balaban J connectivity index is 1.62. The quantitative estimate of drug-likeness (QED) is 0.633. The van der Waals surface area contributed by atoms with Crippen molar-refractivity contribution in [1.82, 2.24) is 10.3 Å². The lowest BCUT2D eigenvalue weighted by Gasteiger charge is -2.06. The first-order valence-corrected chi connectivity index (χ1v) is 8.98. The summed E-state index contributed by atoms with van der Waals surface area (Å²) in [5.74, 6) is -0.397. The highest BCUT2D eigenvalue weighted by Gasteiger charge is 2.14. The second-order valence-electron chi connectivity index (χ2n) is 5.63. The number of benzene rings is 2. The van der Waals surface area contributed by atoms with E-state index >= 15 is 0 Å². The third kappa shape index (κ3) is 4.63. The van der Waals surface area contributed by atoms with E-state index in [4.69, 9.17) is 15.2 Å². The van der Waals surface area contributed by atoms with Gasteiger partial charge in [0, 0.05) is 23.7 Å². The van der Waals surface area contributed by atoms with Crippen LogP contribution >= 0.6 is 11.3 Å². The van der Waals surface area contributed by atoms with Gasteiger partial charge >= 0.3 is 0 Å². The van der Waals surface area contributed by atoms with Gasteiger partial charge in [0.1, 0.15) is 17.3 Å². The highest BCUT2D eigenvalue weighted by atomic mass is 32.1. The molecule has 0 saturated carbocycles. The van der Waals surface area contributed by atoms with Crippen LogP contribution in [0.25, 0.3) is 0 Å². The number of nitrogens with one attached hydrogen (secondary N) is 1. The van der Waals surface area contributed by atoms with Gasteiger partial charge in [-0.05, 0) is 24.3 Å². The van der Waals surface area contributed by atoms with Gasteiger partial charge < -0.3 is 20.5 Å². The van der Waals surface area contributed by atoms with Crippen LogP contribution in [0.15, 0.2) is 47.8 Å². The molecule has 3 rings (SSSR count). The van der Waals surface area contributed by atoms with E-state index in [-0.39, 0.29) is 28.6 Å². The second-order valence-corrected chi connectivity index (χ2v) is 6.48. The number of nitrogens with two attached hydrogens (primary N) is 1. The first kappa shape index (κ1) is 19.3. The molecule has 7 nitrogen and oxygen atoms in total. The van der Waals surface area contributed by atoms with Crippen LogP contribution in [0.1, 0.15) is 25.7 Å². The molecule has 0 aliphatic carbocycles. The predicted octanol–water partition coefficient (Wildman–Crippen LogP) is 3.11. The third-order valence-electron chi connectivity index (χ3n) is 3.72. The Morgan fingerprint density at radius 2 is 2.00 bits per heavy atom. The molecule has 0 spiro atoms. The van der Waals surface area contributed by atoms with Gasteiger partial charge in [0.15, 0.2) is 5.01 Å². The lowest BCUT2D eigenvalue weighted by Crippen LogP contribution is -2.23. The molecule has 0 saturated heterocycles. The van der Waals surface area contributed by atoms with E-state index in [1.165, 1.54) is 12.1 Å². The zero-order valence-electron chi connectivity index (χ0n) is 14.8. The van der Waals surface area contributed by atoms with Gasteiger partial charge in [-0.25, -0.2) is 4.39 Å². The summed E-state index contributed by atoms with van der Waals surface area (Å²) in [6.45, 7) is -0.0602. The lowest BCUT2D eigenvalue weighted by atomic mass is 10.1. The van der Waals surface area contributed by atoms with Crippen LogP contribution in [0, 0.1) is 5.82 Å². The summed E-state index contributed by atoms with van der Waals surface area (Å²) in [6, 6.07) is 10.8. The SMILES string of the molecule is COc1cccc(Oc2csc(C(=O)NCc3ccc(C(N)=O)cc3F)n2)c1. The van der Waals surface area contributed by atoms with E-state index in [0.29, 0.717) is 11.5 Å². The number of nitrogens with zero attached hydrogens (tertiary/aromatic N) is 1. The Labute approximate surface area is 163 Å². The molecular weight excluding hydrogens is 385 g/mol. The van der Waals surface area contributed by atoms with E-state index < -0.39 is 17.6 Å². The van der Waals surface area contributed by atoms with E-state index in [1.807, 2.05) is 0 Å². The Morgan fingerprint density at radius 3 is 2.71 bits per heavy atom. The first-order valence-electron chi connectivity index (χ1n) is 8.10. The maximum absolute atomic E-state index is 14.0. The minimum atomic E-state index is -0.721. The number of rotatable bonds is 7. The normalized spacial score (nSPS) is 10.4. The molecule has 0 atom stereocenters. The number of primary amides is 1. The molecular formula is C19H16FN3O4S. The van der Waals surface area contributed by atoms with Crippen molar-refractivity contribution in [3.05, 3.63) is 69.8 Å². The second kappa shape index (κ2) is 8.49. The van der Waals surface area contributed by atoms with Gasteiger partial charge in [0.25, 0.3) is 5.91 Å². The molecule has 1 aromatic heterocycles. The zero-order chi connectivity index (χ0) is 20.1. The van der Waals surface area contributed by atoms with E-state index in [0.717, 1.165) is 17.4 Å². The number of ether oxygens (including phenoxy) is 2. The van der Waals surface area contributed by atoms with Gasteiger partial charge in [-0.2, -0.15) is 4.98 Å². The molecule has 2 aromatic carbocycles. The van der Waals surface area contributed by atoms with Crippen molar-refractivity contribution >= 4 is 23.2 Å². The number of carbonyl (C=O) groups is 2. The van der Waals surface area contributed by atoms with Crippen molar-refractivity contribution in [3.63, 3.8) is 0 Å². The lowest BCUT2D eigenvalue weighted by molar-refractivity contribution is 0.0948. The number of methoxy groups -OCH3 is 1. The standard InChI is InChI=1S/C19H16FN3O4S/c1-26-13-3-2-4-14(8-13)27-16-10-28-19(23-16)18(25)22-9-12-6-5-11(17(21)24)7-15(12)20/h2-8,10H,9H2,1H3,(H2,21,24)(H,22,25). The van der Waals surface area contributed by atoms with Crippen LogP contribution in [-0.2, 0) is 6.54 Å². The molecule has 0 bridgehead atoms. The highest BCUT2D eigenvalue weighted by Crippen LogP contribution is 2.26. The highest BCUT2D eigenvalue weighted by molar-refractivity contribution is 7.11. The number of hydrogen-bond donors (Lipinski definition) is 2. The Morgan fingerprint density at radius 1 is 1.21 bits per heavy atom. The van der Waals surface area contributed by atoms with Crippen molar-refractivity contribution in [2.75, 3.05) is 7.11 Å². The maximum atomic E-state index is 14.0. The van der Waals surface area contributed by atoms with Crippen molar-refractivity contribution in [2.24, 2.45) is 5.73 Å². The van der Waals surface area contributed by atoms with Crippen LogP contribution in [0.4, 0.5) is 4.39 Å². The number of amides is 2. The van der Waals surface area contributed by atoms with E-state index in [2.05, 4.69) is 10.3 Å². The van der Waals surface area contributed by atoms with Crippen LogP contribution < -0.4 is 20.5 Å². The van der Waals surface area contributed by atoms with Crippen molar-refractivity contribution < 1.29 is 23.5 Å². The molecule has 28 heavy (non-hydrogen) atoms. The summed E-state index contributed by atoms with van der Waals surface area (Å²) in [4.78, 5) is 27.4. The molecule has 1 heterocycles. The summed E-state index contributed by atoms with van der Waals surface area (Å²) < 4.78 is 24.7. The average molecular weight is 401 g/mol. The first-order chi connectivity index (χ1) is 13.5. The third-order valence-corrected chi connectivity index (χ3v) is 4.54. The fourth-order valence-electron chi connectivity index (χ4n) is 2.29. The number of hydrogen-bond acceptors (Lipinski definition) is 6. The summed E-state index contributed by atoms with van der Waals surface area (Å²) in [7, 11) is 1.55. The van der Waals surface area contributed by atoms with Crippen LogP contribution in [0.3, 0.4) is 0 Å². The largest absolute Gasteiger partial charge is 0.497 e. The fraction of sp³-hybridized carbons (Fsp3) is 0.105. The van der Waals surface area contributed by atoms with Crippen LogP contribution in [0.2, 0.25) is 0 Å². The summed E-state index contributed by atoms with van der Waals surface area (Å²) in [6.07, 6.45) is 0. The number of carbonyl (C=O) groups excluding carboxylic acids is 2. The van der Waals surface area contributed by atoms with Crippen LogP contribution in [-0.4, -0.2) is 23.9 Å². The van der Waals surface area contributed by atoms with Gasteiger partial charge in [-0.1, -0.05) is 12.1 Å². The monoisotopic (exact) mass is 401 g/mol. The molecule has 0 fully saturated rings. The summed E-state index contributed by atoms with van der Waals surface area (Å²) in [5.41, 5.74) is 5.39. The smallest absolute Gasteiger partial charge is 0.280 e. The predicted molar refractivity (Wildman–Crippen MR) is 101 cm³/mol. The maximum Gasteiger partial charge on any atom is 0.280 e. The topological polar surface area (TPSA) is 104 Å². The Bertz CT molecular complexity index is 1020. The molecule has 144 valence electrons. The molecule has 0 unspecified atom stereocenters. The number of halogens is 1. The average Bonchev–Trinajstić information content (AvgIpc) is 3.15. The Kier molecular flexibility index (Phi) is 5.85. The molecule has 3 aromatic rings. The molecule has 2 amide bonds. The van der Waals surface area contributed by atoms with Gasteiger partial charge in [-0.3, -0.25) is 9.59 Å². The van der Waals surface area contributed by atoms with Crippen molar-refractivity contribution in [2.45, 2.75) is 6.54 Å². The molecule has 3 N–H and O–H groups in total. The summed E-state index contributed by atoms with van der Waals surface area (Å²) >= 11 is 1.10. The van der Waals surface area contributed by atoms with Gasteiger partial charge in [-0.15, -0.1) is 11.3 Å². The fourth-order valence-corrected chi connectivity index (χ4v) is 2.93. The summed E-state index contributed by atoms with van der Waals surface area (Å²) in [5, 5.41) is 4.34. The number of aromatic nitrogens is 1. The molecule has 0 aliphatic rings. The molecule has 9 heteroatoms. The Hall–Kier alpha value is -3.46. The van der Waals surface area contributed by atoms with Gasteiger partial charge in [0.05, 0.1) is 12.5 Å². The van der Waals surface area contributed by atoms with E-state index in [9.17, 15) is 14.0 Å². The van der Waals surface area contributed by atoms with Crippen molar-refractivity contribution in [3.8, 4) is 17.4 Å². The molecule has 0 aliphatic heterocycles. The van der Waals surface area contributed by atoms with Crippen LogP contribution in [0.5, 0.6) is 17.4 Å². The number of thiazole rings is 1. The minimum Gasteiger partial charge on any atom is -0.497 e. The van der Waals surface area contributed by atoms with E-state index in [1.54, 1.807) is 36.8 Å². The molecule has 0 radical (unpaired) electrons. The minimum absolute atomic E-state index is 0.0602. The van der Waals surface area contributed by atoms with Crippen molar-refractivity contribution in [1.29, 1.82) is 0 Å². The van der Waals surface area contributed by atoms with Gasteiger partial charge in [0.2, 0.25) is 11.8 Å². The zero-order valence-corrected chi connectivity index (χ0v) is 15.6.